The van der Waals surface area contributed by atoms with Gasteiger partial charge in [-0.25, -0.2) is 0 Å². The SMILES string of the molecule is O=C1C(=O)N(CCO)[C@H](c2ccc(O)cc2)/C1=C(\O)c1ccc(Cl)cc1. The molecule has 0 aromatic heterocycles. The number of ketones is 1. The Morgan fingerprint density at radius 1 is 1.04 bits per heavy atom. The fourth-order valence-corrected chi connectivity index (χ4v) is 3.11. The van der Waals surface area contributed by atoms with Gasteiger partial charge >= 0.3 is 0 Å². The standard InChI is InChI=1S/C19H16ClNO5/c20-13-5-1-12(2-6-13)17(24)15-16(11-3-7-14(23)8-4-11)21(9-10-22)19(26)18(15)25/h1-8,16,22-24H,9-10H2/b17-15+/t16-/m1/s1. The molecule has 1 atom stereocenters. The maximum Gasteiger partial charge on any atom is 0.295 e. The number of aliphatic hydroxyl groups is 2. The Labute approximate surface area is 154 Å². The molecule has 2 aromatic rings. The maximum absolute atomic E-state index is 12.6. The number of phenols is 1. The summed E-state index contributed by atoms with van der Waals surface area (Å²) in [5, 5.41) is 29.9. The van der Waals surface area contributed by atoms with Crippen LogP contribution in [0.2, 0.25) is 5.02 Å². The molecule has 3 N–H and O–H groups in total. The summed E-state index contributed by atoms with van der Waals surface area (Å²) >= 11 is 5.85. The fraction of sp³-hybridized carbons (Fsp3) is 0.158. The van der Waals surface area contributed by atoms with Crippen LogP contribution in [0, 0.1) is 0 Å². The van der Waals surface area contributed by atoms with E-state index in [0.717, 1.165) is 0 Å². The Kier molecular flexibility index (Phi) is 4.97. The minimum atomic E-state index is -0.863. The summed E-state index contributed by atoms with van der Waals surface area (Å²) in [5.41, 5.74) is 0.808. The Hall–Kier alpha value is -2.83. The Bertz CT molecular complexity index is 874. The van der Waals surface area contributed by atoms with E-state index in [1.54, 1.807) is 36.4 Å². The van der Waals surface area contributed by atoms with E-state index < -0.39 is 17.7 Å². The summed E-state index contributed by atoms with van der Waals surface area (Å²) in [5.74, 6) is -1.92. The minimum Gasteiger partial charge on any atom is -0.508 e. The second-order valence-corrected chi connectivity index (χ2v) is 6.25. The topological polar surface area (TPSA) is 98.1 Å². The molecular weight excluding hydrogens is 358 g/mol. The zero-order valence-electron chi connectivity index (χ0n) is 13.6. The maximum atomic E-state index is 12.6. The minimum absolute atomic E-state index is 0.0329. The van der Waals surface area contributed by atoms with Crippen LogP contribution in [0.15, 0.2) is 54.1 Å². The lowest BCUT2D eigenvalue weighted by atomic mass is 9.95. The lowest BCUT2D eigenvalue weighted by Gasteiger charge is -2.24. The summed E-state index contributed by atoms with van der Waals surface area (Å²) in [7, 11) is 0. The first-order valence-corrected chi connectivity index (χ1v) is 8.26. The molecule has 1 amide bonds. The van der Waals surface area contributed by atoms with E-state index in [9.17, 15) is 24.9 Å². The van der Waals surface area contributed by atoms with Crippen LogP contribution in [-0.4, -0.2) is 45.1 Å². The van der Waals surface area contributed by atoms with Gasteiger partial charge in [0, 0.05) is 17.1 Å². The molecule has 0 saturated carbocycles. The molecular formula is C19H16ClNO5. The molecule has 7 heteroatoms. The van der Waals surface area contributed by atoms with Crippen LogP contribution in [0.4, 0.5) is 0 Å². The number of aromatic hydroxyl groups is 1. The number of β-amino-alcohol motifs (C(OH)–C–C–N with tert-alkyl or cyclic N) is 1. The third-order valence-corrected chi connectivity index (χ3v) is 4.46. The molecule has 0 unspecified atom stereocenters. The number of rotatable bonds is 4. The number of hydrogen-bond donors (Lipinski definition) is 3. The Morgan fingerprint density at radius 3 is 2.23 bits per heavy atom. The molecule has 1 aliphatic heterocycles. The van der Waals surface area contributed by atoms with Crippen molar-refractivity contribution in [1.29, 1.82) is 0 Å². The number of amides is 1. The number of carbonyl (C=O) groups excluding carboxylic acids is 2. The number of phenolic OH excluding ortho intramolecular Hbond substituents is 1. The number of benzene rings is 2. The van der Waals surface area contributed by atoms with Gasteiger partial charge in [-0.3, -0.25) is 9.59 Å². The molecule has 1 heterocycles. The van der Waals surface area contributed by atoms with Crippen LogP contribution in [0.3, 0.4) is 0 Å². The van der Waals surface area contributed by atoms with Crippen molar-refractivity contribution in [2.75, 3.05) is 13.2 Å². The van der Waals surface area contributed by atoms with Crippen LogP contribution in [-0.2, 0) is 9.59 Å². The number of halogens is 1. The normalized spacial score (nSPS) is 19.2. The first-order valence-electron chi connectivity index (χ1n) is 7.88. The molecule has 1 saturated heterocycles. The van der Waals surface area contributed by atoms with Gasteiger partial charge in [-0.2, -0.15) is 0 Å². The number of likely N-dealkylation sites (tertiary alicyclic amines) is 1. The summed E-state index contributed by atoms with van der Waals surface area (Å²) < 4.78 is 0. The first kappa shape index (κ1) is 18.0. The first-order chi connectivity index (χ1) is 12.4. The van der Waals surface area contributed by atoms with E-state index in [2.05, 4.69) is 0 Å². The summed E-state index contributed by atoms with van der Waals surface area (Å²) in [6.07, 6.45) is 0. The van der Waals surface area contributed by atoms with E-state index >= 15 is 0 Å². The fourth-order valence-electron chi connectivity index (χ4n) is 2.98. The molecule has 3 rings (SSSR count). The molecule has 1 fully saturated rings. The predicted molar refractivity (Wildman–Crippen MR) is 95.7 cm³/mol. The van der Waals surface area contributed by atoms with Crippen molar-refractivity contribution >= 4 is 29.1 Å². The zero-order valence-corrected chi connectivity index (χ0v) is 14.3. The highest BCUT2D eigenvalue weighted by Crippen LogP contribution is 2.39. The molecule has 0 bridgehead atoms. The Balaban J connectivity index is 2.17. The van der Waals surface area contributed by atoms with Crippen LogP contribution in [0.5, 0.6) is 5.75 Å². The predicted octanol–water partition coefficient (Wildman–Crippen LogP) is 2.46. The molecule has 0 spiro atoms. The van der Waals surface area contributed by atoms with Crippen molar-refractivity contribution in [1.82, 2.24) is 4.90 Å². The van der Waals surface area contributed by atoms with Gasteiger partial charge in [0.05, 0.1) is 18.2 Å². The number of aliphatic hydroxyl groups excluding tert-OH is 2. The number of carbonyl (C=O) groups is 2. The monoisotopic (exact) mass is 373 g/mol. The highest BCUT2D eigenvalue weighted by Gasteiger charge is 2.45. The van der Waals surface area contributed by atoms with Gasteiger partial charge in [0.15, 0.2) is 0 Å². The summed E-state index contributed by atoms with van der Waals surface area (Å²) in [6, 6.07) is 11.3. The van der Waals surface area contributed by atoms with Crippen molar-refractivity contribution < 1.29 is 24.9 Å². The molecule has 1 aliphatic rings. The van der Waals surface area contributed by atoms with Gasteiger partial charge in [-0.1, -0.05) is 23.7 Å². The molecule has 0 radical (unpaired) electrons. The zero-order chi connectivity index (χ0) is 18.8. The largest absolute Gasteiger partial charge is 0.508 e. The summed E-state index contributed by atoms with van der Waals surface area (Å²) in [6.45, 7) is -0.393. The highest BCUT2D eigenvalue weighted by molar-refractivity contribution is 6.46. The van der Waals surface area contributed by atoms with Crippen molar-refractivity contribution in [3.8, 4) is 5.75 Å². The summed E-state index contributed by atoms with van der Waals surface area (Å²) in [4.78, 5) is 26.2. The average Bonchev–Trinajstić information content (AvgIpc) is 2.88. The lowest BCUT2D eigenvalue weighted by molar-refractivity contribution is -0.140. The number of hydrogen-bond acceptors (Lipinski definition) is 5. The van der Waals surface area contributed by atoms with E-state index in [-0.39, 0.29) is 30.2 Å². The Morgan fingerprint density at radius 2 is 1.65 bits per heavy atom. The number of Topliss-reactive ketones (excluding diaryl/α,β-unsaturated/α-hetero) is 1. The van der Waals surface area contributed by atoms with E-state index in [1.807, 2.05) is 0 Å². The van der Waals surface area contributed by atoms with E-state index in [0.29, 0.717) is 16.1 Å². The molecule has 26 heavy (non-hydrogen) atoms. The van der Waals surface area contributed by atoms with Crippen molar-refractivity contribution in [2.24, 2.45) is 0 Å². The third-order valence-electron chi connectivity index (χ3n) is 4.21. The van der Waals surface area contributed by atoms with Gasteiger partial charge < -0.3 is 20.2 Å². The van der Waals surface area contributed by atoms with Crippen molar-refractivity contribution in [3.63, 3.8) is 0 Å². The molecule has 6 nitrogen and oxygen atoms in total. The van der Waals surface area contributed by atoms with Crippen molar-refractivity contribution in [3.05, 3.63) is 70.3 Å². The van der Waals surface area contributed by atoms with Gasteiger partial charge in [0.1, 0.15) is 11.5 Å². The molecule has 134 valence electrons. The van der Waals surface area contributed by atoms with Gasteiger partial charge in [0.25, 0.3) is 11.7 Å². The third kappa shape index (κ3) is 3.16. The van der Waals surface area contributed by atoms with Crippen LogP contribution >= 0.6 is 11.6 Å². The average molecular weight is 374 g/mol. The van der Waals surface area contributed by atoms with E-state index in [4.69, 9.17) is 11.6 Å². The second kappa shape index (κ2) is 7.19. The van der Waals surface area contributed by atoms with Crippen LogP contribution < -0.4 is 0 Å². The smallest absolute Gasteiger partial charge is 0.295 e. The molecule has 2 aromatic carbocycles. The van der Waals surface area contributed by atoms with Crippen LogP contribution in [0.25, 0.3) is 5.76 Å². The van der Waals surface area contributed by atoms with Gasteiger partial charge in [0.2, 0.25) is 0 Å². The van der Waals surface area contributed by atoms with Gasteiger partial charge in [-0.05, 0) is 42.0 Å². The highest BCUT2D eigenvalue weighted by atomic mass is 35.5. The van der Waals surface area contributed by atoms with Crippen molar-refractivity contribution in [2.45, 2.75) is 6.04 Å². The lowest BCUT2D eigenvalue weighted by Crippen LogP contribution is -2.32. The second-order valence-electron chi connectivity index (χ2n) is 5.81. The molecule has 0 aliphatic carbocycles. The van der Waals surface area contributed by atoms with Crippen LogP contribution in [0.1, 0.15) is 17.2 Å². The quantitative estimate of drug-likeness (QED) is 0.434. The van der Waals surface area contributed by atoms with Gasteiger partial charge in [-0.15, -0.1) is 0 Å². The number of nitrogens with zero attached hydrogens (tertiary/aromatic N) is 1. The van der Waals surface area contributed by atoms with E-state index in [1.165, 1.54) is 17.0 Å².